The molecule has 3 heterocycles. The molecule has 1 spiro atoms. The molecule has 1 amide bonds. The van der Waals surface area contributed by atoms with Crippen molar-refractivity contribution in [2.75, 3.05) is 46.9 Å². The van der Waals surface area contributed by atoms with Gasteiger partial charge in [-0.2, -0.15) is 17.0 Å². The van der Waals surface area contributed by atoms with E-state index >= 15 is 0 Å². The van der Waals surface area contributed by atoms with Crippen LogP contribution < -0.4 is 0 Å². The van der Waals surface area contributed by atoms with E-state index in [2.05, 4.69) is 0 Å². The van der Waals surface area contributed by atoms with Gasteiger partial charge in [-0.25, -0.2) is 0 Å². The van der Waals surface area contributed by atoms with Crippen LogP contribution in [0.3, 0.4) is 0 Å². The van der Waals surface area contributed by atoms with Crippen molar-refractivity contribution in [1.29, 1.82) is 0 Å². The molecule has 0 N–H and O–H groups in total. The minimum Gasteiger partial charge on any atom is -0.372 e. The quantitative estimate of drug-likeness (QED) is 0.721. The summed E-state index contributed by atoms with van der Waals surface area (Å²) >= 11 is 0. The minimum absolute atomic E-state index is 0.257. The second kappa shape index (κ2) is 5.74. The first-order valence-corrected chi connectivity index (χ1v) is 9.31. The first-order chi connectivity index (χ1) is 10.3. The molecule has 0 radical (unpaired) electrons. The van der Waals surface area contributed by atoms with Gasteiger partial charge < -0.3 is 9.64 Å². The van der Waals surface area contributed by atoms with Crippen molar-refractivity contribution in [1.82, 2.24) is 13.5 Å². The van der Waals surface area contributed by atoms with Crippen molar-refractivity contribution < 1.29 is 17.9 Å². The van der Waals surface area contributed by atoms with Gasteiger partial charge >= 0.3 is 0 Å². The van der Waals surface area contributed by atoms with Gasteiger partial charge in [-0.15, -0.1) is 0 Å². The number of likely N-dealkylation sites (tertiary alicyclic amines) is 1. The number of rotatable bonds is 4. The Morgan fingerprint density at radius 1 is 1.36 bits per heavy atom. The number of amides is 1. The van der Waals surface area contributed by atoms with E-state index < -0.39 is 10.2 Å². The van der Waals surface area contributed by atoms with Crippen molar-refractivity contribution in [3.05, 3.63) is 0 Å². The van der Waals surface area contributed by atoms with E-state index in [1.807, 2.05) is 4.90 Å². The lowest BCUT2D eigenvalue weighted by atomic mass is 9.84. The Morgan fingerprint density at radius 3 is 2.59 bits per heavy atom. The summed E-state index contributed by atoms with van der Waals surface area (Å²) in [6.45, 7) is 3.18. The number of hydrogen-bond acceptors (Lipinski definition) is 4. The van der Waals surface area contributed by atoms with E-state index in [9.17, 15) is 13.2 Å². The monoisotopic (exact) mass is 331 g/mol. The highest BCUT2D eigenvalue weighted by atomic mass is 32.2. The average Bonchev–Trinajstić information content (AvgIpc) is 2.82. The van der Waals surface area contributed by atoms with Crippen LogP contribution in [0.4, 0.5) is 0 Å². The molecule has 1 unspecified atom stereocenters. The molecule has 0 aromatic heterocycles. The summed E-state index contributed by atoms with van der Waals surface area (Å²) < 4.78 is 32.8. The van der Waals surface area contributed by atoms with Crippen molar-refractivity contribution in [2.45, 2.75) is 31.3 Å². The molecule has 0 aromatic rings. The lowest BCUT2D eigenvalue weighted by Crippen LogP contribution is -2.67. The summed E-state index contributed by atoms with van der Waals surface area (Å²) in [5.74, 6) is 0.638. The van der Waals surface area contributed by atoms with Crippen LogP contribution in [-0.4, -0.2) is 80.3 Å². The predicted octanol–water partition coefficient (Wildman–Crippen LogP) is -0.104. The van der Waals surface area contributed by atoms with E-state index in [1.165, 1.54) is 8.61 Å². The molecule has 3 rings (SSSR count). The molecule has 3 fully saturated rings. The molecular formula is C14H25N3O4S. The lowest BCUT2D eigenvalue weighted by molar-refractivity contribution is -0.161. The van der Waals surface area contributed by atoms with Crippen LogP contribution >= 0.6 is 0 Å². The fourth-order valence-electron chi connectivity index (χ4n) is 3.51. The zero-order chi connectivity index (χ0) is 16.0. The second-order valence-corrected chi connectivity index (χ2v) is 9.04. The molecule has 0 bridgehead atoms. The summed E-state index contributed by atoms with van der Waals surface area (Å²) in [7, 11) is -0.228. The van der Waals surface area contributed by atoms with Gasteiger partial charge in [0.25, 0.3) is 10.2 Å². The number of carbonyl (C=O) groups excluding carboxylic acids is 1. The molecule has 126 valence electrons. The van der Waals surface area contributed by atoms with E-state index in [0.29, 0.717) is 32.0 Å². The molecule has 0 aromatic carbocycles. The maximum absolute atomic E-state index is 12.0. The molecule has 3 saturated heterocycles. The third kappa shape index (κ3) is 2.89. The number of hydrogen-bond donors (Lipinski definition) is 0. The zero-order valence-corrected chi connectivity index (χ0v) is 14.1. The Bertz CT molecular complexity index is 532. The molecule has 7 nitrogen and oxygen atoms in total. The standard InChI is InChI=1S/C14H25N3O4S/c1-15(2)22(19,20)17-10-14(11-17)6-5-12(9-21-14)8-16-7-3-4-13(16)18/h12H,3-11H2,1-2H3. The Labute approximate surface area is 132 Å². The summed E-state index contributed by atoms with van der Waals surface area (Å²) in [6, 6.07) is 0. The van der Waals surface area contributed by atoms with Crippen LogP contribution in [0, 0.1) is 5.92 Å². The maximum atomic E-state index is 12.0. The molecule has 1 atom stereocenters. The van der Waals surface area contributed by atoms with Gasteiger partial charge in [0.1, 0.15) is 0 Å². The van der Waals surface area contributed by atoms with Crippen LogP contribution in [0.2, 0.25) is 0 Å². The van der Waals surface area contributed by atoms with Gasteiger partial charge in [-0.05, 0) is 19.3 Å². The van der Waals surface area contributed by atoms with Gasteiger partial charge in [0.15, 0.2) is 0 Å². The third-order valence-electron chi connectivity index (χ3n) is 5.00. The van der Waals surface area contributed by atoms with Crippen molar-refractivity contribution in [3.8, 4) is 0 Å². The van der Waals surface area contributed by atoms with Crippen LogP contribution in [0.15, 0.2) is 0 Å². The maximum Gasteiger partial charge on any atom is 0.281 e. The third-order valence-corrected chi connectivity index (χ3v) is 6.83. The Hall–Kier alpha value is -0.700. The first-order valence-electron chi connectivity index (χ1n) is 7.92. The van der Waals surface area contributed by atoms with Crippen LogP contribution in [0.1, 0.15) is 25.7 Å². The fraction of sp³-hybridized carbons (Fsp3) is 0.929. The van der Waals surface area contributed by atoms with Crippen molar-refractivity contribution in [3.63, 3.8) is 0 Å². The highest BCUT2D eigenvalue weighted by Crippen LogP contribution is 2.38. The average molecular weight is 331 g/mol. The van der Waals surface area contributed by atoms with Crippen LogP contribution in [-0.2, 0) is 19.7 Å². The van der Waals surface area contributed by atoms with Crippen molar-refractivity contribution >= 4 is 16.1 Å². The van der Waals surface area contributed by atoms with Gasteiger partial charge in [-0.3, -0.25) is 4.79 Å². The Kier molecular flexibility index (Phi) is 4.22. The van der Waals surface area contributed by atoms with Gasteiger partial charge in [0, 0.05) is 52.6 Å². The van der Waals surface area contributed by atoms with E-state index in [-0.39, 0.29) is 11.5 Å². The van der Waals surface area contributed by atoms with Gasteiger partial charge in [-0.1, -0.05) is 0 Å². The first kappa shape index (κ1) is 16.2. The lowest BCUT2D eigenvalue weighted by Gasteiger charge is -2.52. The molecular weight excluding hydrogens is 306 g/mol. The molecule has 22 heavy (non-hydrogen) atoms. The van der Waals surface area contributed by atoms with Crippen LogP contribution in [0.5, 0.6) is 0 Å². The largest absolute Gasteiger partial charge is 0.372 e. The van der Waals surface area contributed by atoms with Crippen LogP contribution in [0.25, 0.3) is 0 Å². The molecule has 0 aliphatic carbocycles. The zero-order valence-electron chi connectivity index (χ0n) is 13.3. The summed E-state index contributed by atoms with van der Waals surface area (Å²) in [5.41, 5.74) is -0.297. The minimum atomic E-state index is -3.32. The van der Waals surface area contributed by atoms with E-state index in [4.69, 9.17) is 4.74 Å². The summed E-state index contributed by atoms with van der Waals surface area (Å²) in [6.07, 6.45) is 3.52. The van der Waals surface area contributed by atoms with Gasteiger partial charge in [0.05, 0.1) is 12.2 Å². The number of nitrogens with zero attached hydrogens (tertiary/aromatic N) is 3. The number of carbonyl (C=O) groups is 1. The van der Waals surface area contributed by atoms with E-state index in [1.54, 1.807) is 14.1 Å². The van der Waals surface area contributed by atoms with Crippen molar-refractivity contribution in [2.24, 2.45) is 5.92 Å². The number of ether oxygens (including phenoxy) is 1. The van der Waals surface area contributed by atoms with E-state index in [0.717, 1.165) is 32.4 Å². The highest BCUT2D eigenvalue weighted by Gasteiger charge is 2.51. The highest BCUT2D eigenvalue weighted by molar-refractivity contribution is 7.86. The molecule has 8 heteroatoms. The molecule has 3 aliphatic rings. The topological polar surface area (TPSA) is 70.2 Å². The Morgan fingerprint density at radius 2 is 2.09 bits per heavy atom. The summed E-state index contributed by atoms with van der Waals surface area (Å²) in [5, 5.41) is 0. The summed E-state index contributed by atoms with van der Waals surface area (Å²) in [4.78, 5) is 13.6. The SMILES string of the molecule is CN(C)S(=O)(=O)N1CC2(CCC(CN3CCCC3=O)CO2)C1. The Balaban J connectivity index is 1.48. The smallest absolute Gasteiger partial charge is 0.281 e. The predicted molar refractivity (Wildman–Crippen MR) is 81.4 cm³/mol. The van der Waals surface area contributed by atoms with Gasteiger partial charge in [0.2, 0.25) is 5.91 Å². The molecule has 3 aliphatic heterocycles. The second-order valence-electron chi connectivity index (χ2n) is 6.90. The molecule has 0 saturated carbocycles. The normalized spacial score (nSPS) is 29.3. The fourth-order valence-corrected chi connectivity index (χ4v) is 4.77.